The molecule has 2 aromatic rings. The summed E-state index contributed by atoms with van der Waals surface area (Å²) in [5.74, 6) is -0.322. The topological polar surface area (TPSA) is 83.9 Å². The molecule has 0 atom stereocenters. The monoisotopic (exact) mass is 224 g/mol. The van der Waals surface area contributed by atoms with E-state index in [9.17, 15) is 5.11 Å². The lowest BCUT2D eigenvalue weighted by atomic mass is 10.4. The van der Waals surface area contributed by atoms with Gasteiger partial charge in [-0.3, -0.25) is 0 Å². The van der Waals surface area contributed by atoms with Gasteiger partial charge in [-0.25, -0.2) is 0 Å². The van der Waals surface area contributed by atoms with Crippen molar-refractivity contribution in [2.24, 2.45) is 10.2 Å². The summed E-state index contributed by atoms with van der Waals surface area (Å²) in [5, 5.41) is 21.2. The van der Waals surface area contributed by atoms with E-state index in [0.29, 0.717) is 10.7 Å². The average Bonchev–Trinajstić information content (AvgIpc) is 2.73. The molecule has 7 heteroatoms. The van der Waals surface area contributed by atoms with Crippen molar-refractivity contribution < 1.29 is 9.63 Å². The lowest BCUT2D eigenvalue weighted by molar-refractivity contribution is 0.277. The Morgan fingerprint density at radius 3 is 2.73 bits per heavy atom. The maximum absolute atomic E-state index is 9.22. The van der Waals surface area contributed by atoms with Gasteiger partial charge in [-0.05, 0) is 31.4 Å². The van der Waals surface area contributed by atoms with Crippen LogP contribution in [0.25, 0.3) is 0 Å². The van der Waals surface area contributed by atoms with Gasteiger partial charge in [0.25, 0.3) is 0 Å². The molecule has 0 saturated carbocycles. The lowest BCUT2D eigenvalue weighted by Crippen LogP contribution is -1.66. The van der Waals surface area contributed by atoms with Crippen LogP contribution >= 0.6 is 11.5 Å². The summed E-state index contributed by atoms with van der Waals surface area (Å²) < 4.78 is 8.58. The van der Waals surface area contributed by atoms with Crippen LogP contribution in [-0.4, -0.2) is 14.6 Å². The molecular weight excluding hydrogens is 216 g/mol. The Morgan fingerprint density at radius 2 is 2.20 bits per heavy atom. The molecule has 0 bridgehead atoms. The highest BCUT2D eigenvalue weighted by Crippen LogP contribution is 2.31. The molecule has 0 fully saturated rings. The first-order valence-electron chi connectivity index (χ1n) is 4.17. The molecule has 0 aliphatic carbocycles. The Hall–Kier alpha value is -1.76. The number of hydrogen-bond donors (Lipinski definition) is 1. The molecule has 0 unspecified atom stereocenters. The Kier molecular flexibility index (Phi) is 2.46. The highest BCUT2D eigenvalue weighted by molar-refractivity contribution is 7.09. The van der Waals surface area contributed by atoms with Gasteiger partial charge < -0.3 is 9.63 Å². The van der Waals surface area contributed by atoms with Crippen LogP contribution in [0.2, 0.25) is 0 Å². The van der Waals surface area contributed by atoms with Gasteiger partial charge in [0.1, 0.15) is 5.69 Å². The highest BCUT2D eigenvalue weighted by atomic mass is 32.1. The molecule has 0 radical (unpaired) electrons. The Labute approximate surface area is 89.4 Å². The second-order valence-corrected chi connectivity index (χ2v) is 3.71. The van der Waals surface area contributed by atoms with Crippen LogP contribution in [0.4, 0.5) is 10.7 Å². The molecule has 0 saturated heterocycles. The zero-order valence-electron chi connectivity index (χ0n) is 8.13. The molecule has 78 valence electrons. The molecule has 0 aliphatic rings. The first kappa shape index (κ1) is 9.78. The van der Waals surface area contributed by atoms with Gasteiger partial charge >= 0.3 is 5.95 Å². The summed E-state index contributed by atoms with van der Waals surface area (Å²) in [7, 11) is 0. The van der Waals surface area contributed by atoms with Crippen molar-refractivity contribution in [3.8, 4) is 5.95 Å². The first-order chi connectivity index (χ1) is 7.16. The second-order valence-electron chi connectivity index (χ2n) is 2.93. The van der Waals surface area contributed by atoms with E-state index >= 15 is 0 Å². The second kappa shape index (κ2) is 3.77. The summed E-state index contributed by atoms with van der Waals surface area (Å²) in [6, 6.07) is 1.80. The minimum Gasteiger partial charge on any atom is -0.478 e. The van der Waals surface area contributed by atoms with Gasteiger partial charge in [0.15, 0.2) is 10.7 Å². The zero-order chi connectivity index (χ0) is 10.8. The highest BCUT2D eigenvalue weighted by Gasteiger charge is 2.10. The van der Waals surface area contributed by atoms with Crippen molar-refractivity contribution in [3.05, 3.63) is 17.5 Å². The Morgan fingerprint density at radius 1 is 1.40 bits per heavy atom. The molecule has 2 aromatic heterocycles. The van der Waals surface area contributed by atoms with Crippen molar-refractivity contribution in [2.45, 2.75) is 13.8 Å². The standard InChI is InChI=1S/C8H8N4O2S/c1-4-3-6(15-12-4)9-10-7-5(2)11-14-8(7)13/h3,13H,1-2H3. The smallest absolute Gasteiger partial charge is 0.337 e. The number of nitrogens with zero attached hydrogens (tertiary/aromatic N) is 4. The average molecular weight is 224 g/mol. The summed E-state index contributed by atoms with van der Waals surface area (Å²) >= 11 is 1.24. The summed E-state index contributed by atoms with van der Waals surface area (Å²) in [5.41, 5.74) is 1.64. The molecule has 2 heterocycles. The van der Waals surface area contributed by atoms with E-state index in [0.717, 1.165) is 5.69 Å². The number of aromatic nitrogens is 2. The van der Waals surface area contributed by atoms with E-state index in [1.807, 2.05) is 6.92 Å². The maximum Gasteiger partial charge on any atom is 0.337 e. The lowest BCUT2D eigenvalue weighted by Gasteiger charge is -1.85. The van der Waals surface area contributed by atoms with E-state index in [-0.39, 0.29) is 11.6 Å². The molecule has 0 amide bonds. The fraction of sp³-hybridized carbons (Fsp3) is 0.250. The molecule has 0 aromatic carbocycles. The van der Waals surface area contributed by atoms with Gasteiger partial charge in [0, 0.05) is 0 Å². The van der Waals surface area contributed by atoms with Gasteiger partial charge in [0.05, 0.1) is 5.69 Å². The summed E-state index contributed by atoms with van der Waals surface area (Å²) in [4.78, 5) is 0. The Bertz CT molecular complexity index is 483. The first-order valence-corrected chi connectivity index (χ1v) is 4.94. The van der Waals surface area contributed by atoms with Crippen molar-refractivity contribution >= 4 is 22.2 Å². The molecule has 2 rings (SSSR count). The third-order valence-electron chi connectivity index (χ3n) is 1.68. The number of azo groups is 1. The van der Waals surface area contributed by atoms with E-state index < -0.39 is 0 Å². The largest absolute Gasteiger partial charge is 0.478 e. The van der Waals surface area contributed by atoms with E-state index in [1.54, 1.807) is 13.0 Å². The van der Waals surface area contributed by atoms with Crippen molar-refractivity contribution in [1.29, 1.82) is 0 Å². The van der Waals surface area contributed by atoms with E-state index in [4.69, 9.17) is 0 Å². The minimum atomic E-state index is -0.322. The fourth-order valence-electron chi connectivity index (χ4n) is 0.965. The molecule has 15 heavy (non-hydrogen) atoms. The zero-order valence-corrected chi connectivity index (χ0v) is 8.95. The summed E-state index contributed by atoms with van der Waals surface area (Å²) in [6.45, 7) is 3.55. The predicted octanol–water partition coefficient (Wildman–Crippen LogP) is 2.87. The van der Waals surface area contributed by atoms with Crippen LogP contribution in [0.15, 0.2) is 20.8 Å². The van der Waals surface area contributed by atoms with Gasteiger partial charge in [-0.1, -0.05) is 5.16 Å². The fourth-order valence-corrected chi connectivity index (χ4v) is 1.56. The van der Waals surface area contributed by atoms with Crippen molar-refractivity contribution in [2.75, 3.05) is 0 Å². The van der Waals surface area contributed by atoms with Gasteiger partial charge in [0.2, 0.25) is 0 Å². The van der Waals surface area contributed by atoms with Gasteiger partial charge in [-0.2, -0.15) is 4.37 Å². The number of aryl methyl sites for hydroxylation is 2. The summed E-state index contributed by atoms with van der Waals surface area (Å²) in [6.07, 6.45) is 0. The number of rotatable bonds is 2. The third kappa shape index (κ3) is 2.01. The quantitative estimate of drug-likeness (QED) is 0.795. The van der Waals surface area contributed by atoms with Crippen molar-refractivity contribution in [3.63, 3.8) is 0 Å². The number of aromatic hydroxyl groups is 1. The molecular formula is C8H8N4O2S. The third-order valence-corrected chi connectivity index (χ3v) is 2.44. The van der Waals surface area contributed by atoms with Crippen LogP contribution in [-0.2, 0) is 0 Å². The van der Waals surface area contributed by atoms with E-state index in [1.165, 1.54) is 11.5 Å². The molecule has 1 N–H and O–H groups in total. The Balaban J connectivity index is 2.25. The normalized spacial score (nSPS) is 11.3. The van der Waals surface area contributed by atoms with Crippen LogP contribution in [0.1, 0.15) is 11.4 Å². The number of hydrogen-bond acceptors (Lipinski definition) is 7. The SMILES string of the molecule is Cc1cc(N=Nc2c(C)noc2O)sn1. The minimum absolute atomic E-state index is 0.251. The van der Waals surface area contributed by atoms with Crippen molar-refractivity contribution in [1.82, 2.24) is 9.53 Å². The van der Waals surface area contributed by atoms with Gasteiger partial charge in [-0.15, -0.1) is 10.2 Å². The molecule has 0 spiro atoms. The van der Waals surface area contributed by atoms with E-state index in [2.05, 4.69) is 24.3 Å². The van der Waals surface area contributed by atoms with Crippen LogP contribution in [0.5, 0.6) is 5.95 Å². The maximum atomic E-state index is 9.22. The predicted molar refractivity (Wildman–Crippen MR) is 53.9 cm³/mol. The molecule has 6 nitrogen and oxygen atoms in total. The van der Waals surface area contributed by atoms with Crippen LogP contribution < -0.4 is 0 Å². The van der Waals surface area contributed by atoms with Crippen LogP contribution in [0, 0.1) is 13.8 Å². The van der Waals surface area contributed by atoms with Crippen LogP contribution in [0.3, 0.4) is 0 Å². The molecule has 0 aliphatic heterocycles.